The highest BCUT2D eigenvalue weighted by atomic mass is 79.9. The Balaban J connectivity index is 2.41. The van der Waals surface area contributed by atoms with E-state index in [1.807, 2.05) is 30.3 Å². The monoisotopic (exact) mass is 298 g/mol. The molecule has 0 aliphatic heterocycles. The van der Waals surface area contributed by atoms with Gasteiger partial charge in [0.1, 0.15) is 6.04 Å². The van der Waals surface area contributed by atoms with Crippen LogP contribution in [0.2, 0.25) is 0 Å². The van der Waals surface area contributed by atoms with Gasteiger partial charge in [0.15, 0.2) is 0 Å². The molecule has 16 heavy (non-hydrogen) atoms. The summed E-state index contributed by atoms with van der Waals surface area (Å²) in [6.07, 6.45) is 0. The van der Waals surface area contributed by atoms with E-state index in [-0.39, 0.29) is 5.91 Å². The molecule has 0 saturated carbocycles. The van der Waals surface area contributed by atoms with E-state index in [0.717, 1.165) is 9.37 Å². The predicted octanol–water partition coefficient (Wildman–Crippen LogP) is 2.57. The second-order valence-corrected chi connectivity index (χ2v) is 5.13. The first-order valence-corrected chi connectivity index (χ1v) is 6.47. The zero-order valence-electron chi connectivity index (χ0n) is 8.74. The molecule has 1 amide bonds. The minimum absolute atomic E-state index is 0.126. The molecule has 0 bridgehead atoms. The Morgan fingerprint density at radius 2 is 2.44 bits per heavy atom. The lowest BCUT2D eigenvalue weighted by Gasteiger charge is -2.06. The number of rotatable bonds is 4. The highest BCUT2D eigenvalue weighted by molar-refractivity contribution is 9.10. The number of benzene rings is 1. The Kier molecular flexibility index (Phi) is 5.36. The molecule has 0 unspecified atom stereocenters. The molecule has 0 aliphatic rings. The van der Waals surface area contributed by atoms with Gasteiger partial charge in [-0.15, -0.1) is 11.8 Å². The minimum Gasteiger partial charge on any atom is -0.340 e. The molecular weight excluding hydrogens is 288 g/mol. The molecular formula is C11H11BrN2OS. The van der Waals surface area contributed by atoms with Crippen LogP contribution in [-0.4, -0.2) is 17.7 Å². The van der Waals surface area contributed by atoms with E-state index in [9.17, 15) is 4.79 Å². The molecule has 0 heterocycles. The second kappa shape index (κ2) is 6.56. The Morgan fingerprint density at radius 3 is 3.06 bits per heavy atom. The van der Waals surface area contributed by atoms with Crippen molar-refractivity contribution in [3.8, 4) is 6.07 Å². The summed E-state index contributed by atoms with van der Waals surface area (Å²) >= 11 is 4.81. The molecule has 0 saturated heterocycles. The lowest BCUT2D eigenvalue weighted by molar-refractivity contribution is -0.118. The van der Waals surface area contributed by atoms with Crippen LogP contribution in [0.25, 0.3) is 0 Å². The van der Waals surface area contributed by atoms with Crippen molar-refractivity contribution in [1.29, 1.82) is 5.26 Å². The Morgan fingerprint density at radius 1 is 1.69 bits per heavy atom. The average molecular weight is 299 g/mol. The van der Waals surface area contributed by atoms with Gasteiger partial charge in [-0.3, -0.25) is 4.79 Å². The normalized spacial score (nSPS) is 11.6. The number of hydrogen-bond donors (Lipinski definition) is 1. The van der Waals surface area contributed by atoms with Crippen molar-refractivity contribution < 1.29 is 4.79 Å². The molecule has 0 aliphatic carbocycles. The largest absolute Gasteiger partial charge is 0.340 e. The van der Waals surface area contributed by atoms with E-state index in [2.05, 4.69) is 21.2 Å². The fourth-order valence-electron chi connectivity index (χ4n) is 1.02. The zero-order chi connectivity index (χ0) is 12.0. The molecule has 1 rings (SSSR count). The van der Waals surface area contributed by atoms with Gasteiger partial charge < -0.3 is 5.32 Å². The highest BCUT2D eigenvalue weighted by Crippen LogP contribution is 2.21. The number of nitriles is 1. The van der Waals surface area contributed by atoms with Crippen LogP contribution in [0.5, 0.6) is 0 Å². The van der Waals surface area contributed by atoms with E-state index in [1.165, 1.54) is 11.8 Å². The summed E-state index contributed by atoms with van der Waals surface area (Å²) in [6, 6.07) is 9.26. The molecule has 3 nitrogen and oxygen atoms in total. The van der Waals surface area contributed by atoms with Gasteiger partial charge in [0.25, 0.3) is 0 Å². The molecule has 1 N–H and O–H groups in total. The van der Waals surface area contributed by atoms with Crippen molar-refractivity contribution in [3.05, 3.63) is 28.7 Å². The Labute approximate surface area is 107 Å². The highest BCUT2D eigenvalue weighted by Gasteiger charge is 2.06. The third kappa shape index (κ3) is 4.69. The van der Waals surface area contributed by atoms with Crippen LogP contribution in [0.15, 0.2) is 33.6 Å². The van der Waals surface area contributed by atoms with Crippen LogP contribution in [0, 0.1) is 11.3 Å². The van der Waals surface area contributed by atoms with Crippen LogP contribution in [0.3, 0.4) is 0 Å². The van der Waals surface area contributed by atoms with Gasteiger partial charge in [-0.05, 0) is 25.1 Å². The molecule has 0 fully saturated rings. The number of thioether (sulfide) groups is 1. The fraction of sp³-hybridized carbons (Fsp3) is 0.273. The number of carbonyl (C=O) groups is 1. The van der Waals surface area contributed by atoms with Gasteiger partial charge in [-0.2, -0.15) is 5.26 Å². The van der Waals surface area contributed by atoms with Crippen LogP contribution >= 0.6 is 27.7 Å². The molecule has 1 aromatic rings. The quantitative estimate of drug-likeness (QED) is 0.869. The van der Waals surface area contributed by atoms with E-state index in [0.29, 0.717) is 5.75 Å². The number of halogens is 1. The van der Waals surface area contributed by atoms with E-state index < -0.39 is 6.04 Å². The maximum Gasteiger partial charge on any atom is 0.231 e. The molecule has 5 heteroatoms. The van der Waals surface area contributed by atoms with E-state index >= 15 is 0 Å². The third-order valence-corrected chi connectivity index (χ3v) is 3.22. The summed E-state index contributed by atoms with van der Waals surface area (Å²) in [5, 5.41) is 11.1. The number of hydrogen-bond acceptors (Lipinski definition) is 3. The van der Waals surface area contributed by atoms with Crippen molar-refractivity contribution in [2.75, 3.05) is 5.75 Å². The smallest absolute Gasteiger partial charge is 0.231 e. The van der Waals surface area contributed by atoms with Crippen molar-refractivity contribution in [2.24, 2.45) is 0 Å². The van der Waals surface area contributed by atoms with Crippen molar-refractivity contribution in [3.63, 3.8) is 0 Å². The lowest BCUT2D eigenvalue weighted by Crippen LogP contribution is -2.32. The first-order chi connectivity index (χ1) is 7.61. The molecule has 1 aromatic carbocycles. The Bertz CT molecular complexity index is 417. The average Bonchev–Trinajstić information content (AvgIpc) is 2.26. The third-order valence-electron chi connectivity index (χ3n) is 1.74. The van der Waals surface area contributed by atoms with Crippen LogP contribution < -0.4 is 5.32 Å². The molecule has 1 atom stereocenters. The number of nitrogens with zero attached hydrogens (tertiary/aromatic N) is 1. The van der Waals surface area contributed by atoms with Gasteiger partial charge >= 0.3 is 0 Å². The van der Waals surface area contributed by atoms with Crippen molar-refractivity contribution in [2.45, 2.75) is 17.9 Å². The van der Waals surface area contributed by atoms with Gasteiger partial charge in [-0.25, -0.2) is 0 Å². The summed E-state index contributed by atoms with van der Waals surface area (Å²) in [7, 11) is 0. The first-order valence-electron chi connectivity index (χ1n) is 4.69. The summed E-state index contributed by atoms with van der Waals surface area (Å²) in [5.74, 6) is 0.196. The summed E-state index contributed by atoms with van der Waals surface area (Å²) in [6.45, 7) is 1.65. The zero-order valence-corrected chi connectivity index (χ0v) is 11.1. The number of carbonyl (C=O) groups excluding carboxylic acids is 1. The lowest BCUT2D eigenvalue weighted by atomic mass is 10.4. The summed E-state index contributed by atoms with van der Waals surface area (Å²) < 4.78 is 0.989. The molecule has 0 aromatic heterocycles. The molecule has 84 valence electrons. The number of nitrogens with one attached hydrogen (secondary N) is 1. The van der Waals surface area contributed by atoms with Crippen LogP contribution in [0.1, 0.15) is 6.92 Å². The minimum atomic E-state index is -0.435. The standard InChI is InChI=1S/C11H11BrN2OS/c1-8(6-13)14-11(15)7-16-10-4-2-3-9(12)5-10/h2-5,8H,7H2,1H3,(H,14,15)/t8-/m1/s1. The second-order valence-electron chi connectivity index (χ2n) is 3.16. The maximum absolute atomic E-state index is 11.4. The molecule has 0 spiro atoms. The fourth-order valence-corrected chi connectivity index (χ4v) is 2.34. The SMILES string of the molecule is C[C@H](C#N)NC(=O)CSc1cccc(Br)c1. The summed E-state index contributed by atoms with van der Waals surface area (Å²) in [4.78, 5) is 12.4. The number of amides is 1. The van der Waals surface area contributed by atoms with E-state index in [4.69, 9.17) is 5.26 Å². The topological polar surface area (TPSA) is 52.9 Å². The first kappa shape index (κ1) is 13.1. The van der Waals surface area contributed by atoms with Crippen molar-refractivity contribution in [1.82, 2.24) is 5.32 Å². The van der Waals surface area contributed by atoms with Crippen LogP contribution in [-0.2, 0) is 4.79 Å². The van der Waals surface area contributed by atoms with Gasteiger partial charge in [0.2, 0.25) is 5.91 Å². The van der Waals surface area contributed by atoms with Gasteiger partial charge in [0, 0.05) is 9.37 Å². The summed E-state index contributed by atoms with van der Waals surface area (Å²) in [5.41, 5.74) is 0. The van der Waals surface area contributed by atoms with Crippen LogP contribution in [0.4, 0.5) is 0 Å². The predicted molar refractivity (Wildman–Crippen MR) is 68.1 cm³/mol. The van der Waals surface area contributed by atoms with Gasteiger partial charge in [0.05, 0.1) is 11.8 Å². The Hall–Kier alpha value is -0.990. The van der Waals surface area contributed by atoms with Crippen molar-refractivity contribution >= 4 is 33.6 Å². The van der Waals surface area contributed by atoms with E-state index in [1.54, 1.807) is 6.92 Å². The van der Waals surface area contributed by atoms with Gasteiger partial charge in [-0.1, -0.05) is 22.0 Å². The molecule has 0 radical (unpaired) electrons. The maximum atomic E-state index is 11.4.